The Morgan fingerprint density at radius 1 is 1.06 bits per heavy atom. The zero-order valence-corrected chi connectivity index (χ0v) is 20.0. The number of sulfonamides is 1. The molecule has 2 saturated heterocycles. The van der Waals surface area contributed by atoms with E-state index in [0.717, 1.165) is 18.4 Å². The number of anilines is 1. The van der Waals surface area contributed by atoms with E-state index in [4.69, 9.17) is 4.74 Å². The minimum Gasteiger partial charge on any atom is -0.376 e. The number of hydrogen-bond acceptors (Lipinski definition) is 5. The zero-order valence-electron chi connectivity index (χ0n) is 19.1. The first-order chi connectivity index (χ1) is 16.3. The monoisotopic (exact) mass is 486 g/mol. The highest BCUT2D eigenvalue weighted by Crippen LogP contribution is 2.23. The molecule has 2 atom stereocenters. The van der Waals surface area contributed by atoms with E-state index in [1.807, 2.05) is 19.1 Å². The van der Waals surface area contributed by atoms with Crippen LogP contribution in [0.15, 0.2) is 59.5 Å². The molecule has 2 aromatic rings. The second-order valence-electron chi connectivity index (χ2n) is 8.57. The summed E-state index contributed by atoms with van der Waals surface area (Å²) in [6.45, 7) is 3.05. The second kappa shape index (κ2) is 10.5. The molecule has 0 aromatic heterocycles. The van der Waals surface area contributed by atoms with Crippen molar-refractivity contribution in [1.82, 2.24) is 14.5 Å². The Bertz CT molecular complexity index is 1100. The summed E-state index contributed by atoms with van der Waals surface area (Å²) in [5.41, 5.74) is 1.70. The van der Waals surface area contributed by atoms with Crippen molar-refractivity contribution < 1.29 is 22.7 Å². The van der Waals surface area contributed by atoms with Gasteiger partial charge in [-0.1, -0.05) is 35.9 Å². The smallest absolute Gasteiger partial charge is 0.321 e. The number of rotatable bonds is 6. The molecule has 4 rings (SSSR count). The summed E-state index contributed by atoms with van der Waals surface area (Å²) in [7, 11) is -3.92. The predicted molar refractivity (Wildman–Crippen MR) is 128 cm³/mol. The third kappa shape index (κ3) is 5.57. The van der Waals surface area contributed by atoms with E-state index in [1.54, 1.807) is 30.3 Å². The van der Waals surface area contributed by atoms with Gasteiger partial charge in [0, 0.05) is 38.5 Å². The molecule has 34 heavy (non-hydrogen) atoms. The van der Waals surface area contributed by atoms with Gasteiger partial charge in [-0.2, -0.15) is 4.31 Å². The van der Waals surface area contributed by atoms with Crippen LogP contribution in [0.3, 0.4) is 0 Å². The van der Waals surface area contributed by atoms with Crippen molar-refractivity contribution in [2.45, 2.75) is 36.8 Å². The number of nitrogens with zero attached hydrogens (tertiary/aromatic N) is 2. The van der Waals surface area contributed by atoms with Gasteiger partial charge in [0.15, 0.2) is 0 Å². The number of urea groups is 1. The van der Waals surface area contributed by atoms with E-state index < -0.39 is 22.0 Å². The van der Waals surface area contributed by atoms with Gasteiger partial charge in [0.1, 0.15) is 6.04 Å². The van der Waals surface area contributed by atoms with Crippen LogP contribution < -0.4 is 10.6 Å². The van der Waals surface area contributed by atoms with Crippen LogP contribution in [-0.2, 0) is 19.6 Å². The standard InChI is InChI=1S/C24H30N4O5S/c1-18-9-11-19(12-10-18)26-24(30)27-13-14-28(34(31,32)21-7-3-2-4-8-21)22(17-27)23(29)25-16-20-6-5-15-33-20/h2-4,7-12,20,22H,5-6,13-17H2,1H3,(H,25,29)(H,26,30). The lowest BCUT2D eigenvalue weighted by molar-refractivity contribution is -0.126. The first kappa shape index (κ1) is 24.2. The van der Waals surface area contributed by atoms with Gasteiger partial charge in [0.05, 0.1) is 11.0 Å². The maximum Gasteiger partial charge on any atom is 0.321 e. The highest BCUT2D eigenvalue weighted by molar-refractivity contribution is 7.89. The molecule has 2 aromatic carbocycles. The predicted octanol–water partition coefficient (Wildman–Crippen LogP) is 2.20. The number of carbonyl (C=O) groups excluding carboxylic acids is 2. The van der Waals surface area contributed by atoms with Gasteiger partial charge < -0.3 is 20.3 Å². The lowest BCUT2D eigenvalue weighted by Crippen LogP contribution is -2.62. The Kier molecular flexibility index (Phi) is 7.50. The Hall–Kier alpha value is -2.95. The van der Waals surface area contributed by atoms with Gasteiger partial charge in [-0.05, 0) is 44.0 Å². The highest BCUT2D eigenvalue weighted by atomic mass is 32.2. The third-order valence-electron chi connectivity index (χ3n) is 6.10. The highest BCUT2D eigenvalue weighted by Gasteiger charge is 2.41. The van der Waals surface area contributed by atoms with Gasteiger partial charge in [-0.25, -0.2) is 13.2 Å². The van der Waals surface area contributed by atoms with Gasteiger partial charge in [-0.3, -0.25) is 4.79 Å². The van der Waals surface area contributed by atoms with Crippen LogP contribution in [-0.4, -0.2) is 74.5 Å². The fourth-order valence-electron chi connectivity index (χ4n) is 4.16. The zero-order chi connectivity index (χ0) is 24.1. The van der Waals surface area contributed by atoms with E-state index in [-0.39, 0.29) is 36.7 Å². The maximum atomic E-state index is 13.4. The molecule has 2 heterocycles. The van der Waals surface area contributed by atoms with Crippen molar-refractivity contribution >= 4 is 27.6 Å². The molecule has 0 spiro atoms. The van der Waals surface area contributed by atoms with Crippen LogP contribution in [0.4, 0.5) is 10.5 Å². The molecular formula is C24H30N4O5S. The van der Waals surface area contributed by atoms with Gasteiger partial charge in [0.25, 0.3) is 0 Å². The molecule has 0 aliphatic carbocycles. The molecule has 2 aliphatic rings. The number of benzene rings is 2. The lowest BCUT2D eigenvalue weighted by Gasteiger charge is -2.39. The lowest BCUT2D eigenvalue weighted by atomic mass is 10.2. The third-order valence-corrected chi connectivity index (χ3v) is 8.02. The Labute approximate surface area is 200 Å². The molecule has 0 bridgehead atoms. The molecule has 0 saturated carbocycles. The molecule has 10 heteroatoms. The molecule has 182 valence electrons. The van der Waals surface area contributed by atoms with E-state index >= 15 is 0 Å². The van der Waals surface area contributed by atoms with Crippen molar-refractivity contribution in [2.24, 2.45) is 0 Å². The van der Waals surface area contributed by atoms with Crippen LogP contribution >= 0.6 is 0 Å². The molecule has 3 amide bonds. The van der Waals surface area contributed by atoms with E-state index in [2.05, 4.69) is 10.6 Å². The second-order valence-corrected chi connectivity index (χ2v) is 10.5. The maximum absolute atomic E-state index is 13.4. The SMILES string of the molecule is Cc1ccc(NC(=O)N2CCN(S(=O)(=O)c3ccccc3)C(C(=O)NCC3CCCO3)C2)cc1. The summed E-state index contributed by atoms with van der Waals surface area (Å²) in [4.78, 5) is 27.7. The number of hydrogen-bond donors (Lipinski definition) is 2. The van der Waals surface area contributed by atoms with Crippen molar-refractivity contribution in [1.29, 1.82) is 0 Å². The van der Waals surface area contributed by atoms with Crippen molar-refractivity contribution in [3.05, 3.63) is 60.2 Å². The topological polar surface area (TPSA) is 108 Å². The van der Waals surface area contributed by atoms with Crippen molar-refractivity contribution in [2.75, 3.05) is 38.1 Å². The minimum absolute atomic E-state index is 0.0105. The minimum atomic E-state index is -3.92. The van der Waals surface area contributed by atoms with Crippen molar-refractivity contribution in [3.8, 4) is 0 Å². The fraction of sp³-hybridized carbons (Fsp3) is 0.417. The normalized spacial score (nSPS) is 21.3. The van der Waals surface area contributed by atoms with Crippen LogP contribution in [0, 0.1) is 6.92 Å². The molecule has 2 fully saturated rings. The van der Waals surface area contributed by atoms with Crippen molar-refractivity contribution in [3.63, 3.8) is 0 Å². The average Bonchev–Trinajstić information content (AvgIpc) is 3.38. The number of piperazine rings is 1. The number of nitrogens with one attached hydrogen (secondary N) is 2. The van der Waals surface area contributed by atoms with E-state index in [1.165, 1.54) is 21.3 Å². The average molecular weight is 487 g/mol. The summed E-state index contributed by atoms with van der Waals surface area (Å²) in [6.07, 6.45) is 1.71. The van der Waals surface area contributed by atoms with Crippen LogP contribution in [0.1, 0.15) is 18.4 Å². The van der Waals surface area contributed by atoms with Gasteiger partial charge in [0.2, 0.25) is 15.9 Å². The quantitative estimate of drug-likeness (QED) is 0.651. The first-order valence-electron chi connectivity index (χ1n) is 11.4. The van der Waals surface area contributed by atoms with Crippen LogP contribution in [0.5, 0.6) is 0 Å². The largest absolute Gasteiger partial charge is 0.376 e. The fourth-order valence-corrected chi connectivity index (χ4v) is 5.75. The molecule has 2 unspecified atom stereocenters. The Morgan fingerprint density at radius 2 is 1.79 bits per heavy atom. The summed E-state index contributed by atoms with van der Waals surface area (Å²) >= 11 is 0. The van der Waals surface area contributed by atoms with E-state index in [0.29, 0.717) is 18.8 Å². The van der Waals surface area contributed by atoms with E-state index in [9.17, 15) is 18.0 Å². The van der Waals surface area contributed by atoms with Crippen LogP contribution in [0.2, 0.25) is 0 Å². The number of aryl methyl sites for hydroxylation is 1. The molecule has 2 N–H and O–H groups in total. The number of amides is 3. The summed E-state index contributed by atoms with van der Waals surface area (Å²) in [6, 6.07) is 14.0. The molecule has 0 radical (unpaired) electrons. The summed E-state index contributed by atoms with van der Waals surface area (Å²) in [5.74, 6) is -0.442. The first-order valence-corrected chi connectivity index (χ1v) is 12.9. The molecule has 9 nitrogen and oxygen atoms in total. The number of carbonyl (C=O) groups is 2. The molecule has 2 aliphatic heterocycles. The van der Waals surface area contributed by atoms with Gasteiger partial charge >= 0.3 is 6.03 Å². The Balaban J connectivity index is 1.51. The number of ether oxygens (including phenoxy) is 1. The van der Waals surface area contributed by atoms with Gasteiger partial charge in [-0.15, -0.1) is 0 Å². The molecular weight excluding hydrogens is 456 g/mol. The van der Waals surface area contributed by atoms with Crippen LogP contribution in [0.25, 0.3) is 0 Å². The summed E-state index contributed by atoms with van der Waals surface area (Å²) in [5, 5.41) is 5.66. The Morgan fingerprint density at radius 3 is 2.47 bits per heavy atom. The summed E-state index contributed by atoms with van der Waals surface area (Å²) < 4.78 is 33.5.